The van der Waals surface area contributed by atoms with Crippen molar-refractivity contribution in [1.29, 1.82) is 0 Å². The number of rotatable bonds is 6. The van der Waals surface area contributed by atoms with E-state index >= 15 is 0 Å². The van der Waals surface area contributed by atoms with Crippen LogP contribution >= 0.6 is 0 Å². The molecule has 0 saturated carbocycles. The molecule has 2 aromatic carbocycles. The fourth-order valence-electron chi connectivity index (χ4n) is 1.85. The number of benzene rings is 2. The average molecular weight is 296 g/mol. The predicted molar refractivity (Wildman–Crippen MR) is 83.2 cm³/mol. The molecule has 1 aliphatic heterocycles. The van der Waals surface area contributed by atoms with Gasteiger partial charge in [-0.25, -0.2) is 0 Å². The monoisotopic (exact) mass is 296 g/mol. The molecule has 0 aromatic heterocycles. The van der Waals surface area contributed by atoms with Crippen LogP contribution in [0, 0.1) is 0 Å². The Morgan fingerprint density at radius 1 is 0.955 bits per heavy atom. The smallest absolute Gasteiger partial charge is 0.189 e. The minimum atomic E-state index is 0.536. The molecule has 3 rings (SSSR count). The lowest BCUT2D eigenvalue weighted by atomic mass is 10.3. The van der Waals surface area contributed by atoms with Gasteiger partial charge in [-0.3, -0.25) is 0 Å². The Morgan fingerprint density at radius 2 is 1.55 bits per heavy atom. The highest BCUT2D eigenvalue weighted by molar-refractivity contribution is 5.82. The molecule has 22 heavy (non-hydrogen) atoms. The van der Waals surface area contributed by atoms with Gasteiger partial charge in [0, 0.05) is 6.42 Å². The highest BCUT2D eigenvalue weighted by Gasteiger charge is 2.29. The molecule has 0 bridgehead atoms. The maximum atomic E-state index is 5.82. The zero-order chi connectivity index (χ0) is 15.2. The summed E-state index contributed by atoms with van der Waals surface area (Å²) in [6.45, 7) is 3.72. The lowest BCUT2D eigenvalue weighted by Gasteiger charge is -2.26. The zero-order valence-electron chi connectivity index (χ0n) is 11.9. The van der Waals surface area contributed by atoms with E-state index in [0.717, 1.165) is 0 Å². The van der Waals surface area contributed by atoms with Crippen LogP contribution in [0.25, 0.3) is 0 Å². The van der Waals surface area contributed by atoms with E-state index in [-0.39, 0.29) is 0 Å². The van der Waals surface area contributed by atoms with Gasteiger partial charge in [0.15, 0.2) is 17.3 Å². The third-order valence-corrected chi connectivity index (χ3v) is 2.85. The standard InChI is InChI=1S/C16H16N4O2/c1-2-9-16-17-18-20(22-15-12-7-4-8-13-15)19(16)21-14-10-5-3-6-11-14/h2-8,10-13,18H,1,9H2. The van der Waals surface area contributed by atoms with E-state index in [2.05, 4.69) is 17.2 Å². The minimum Gasteiger partial charge on any atom is -0.364 e. The molecular weight excluding hydrogens is 280 g/mol. The first-order valence-corrected chi connectivity index (χ1v) is 6.86. The van der Waals surface area contributed by atoms with E-state index in [1.807, 2.05) is 60.7 Å². The van der Waals surface area contributed by atoms with Crippen LogP contribution in [0.15, 0.2) is 78.4 Å². The summed E-state index contributed by atoms with van der Waals surface area (Å²) >= 11 is 0. The Kier molecular flexibility index (Phi) is 4.22. The van der Waals surface area contributed by atoms with Crippen molar-refractivity contribution in [3.05, 3.63) is 73.3 Å². The van der Waals surface area contributed by atoms with Crippen LogP contribution in [-0.4, -0.2) is 16.3 Å². The number of hydrogen-bond donors (Lipinski definition) is 1. The molecule has 0 spiro atoms. The first kappa shape index (κ1) is 14.0. The quantitative estimate of drug-likeness (QED) is 0.831. The predicted octanol–water partition coefficient (Wildman–Crippen LogP) is 2.90. The van der Waals surface area contributed by atoms with Crippen molar-refractivity contribution in [2.24, 2.45) is 5.10 Å². The highest BCUT2D eigenvalue weighted by Crippen LogP contribution is 2.18. The van der Waals surface area contributed by atoms with Crippen molar-refractivity contribution in [2.75, 3.05) is 0 Å². The second-order valence-corrected chi connectivity index (χ2v) is 4.48. The van der Waals surface area contributed by atoms with E-state index in [1.54, 1.807) is 6.08 Å². The summed E-state index contributed by atoms with van der Waals surface area (Å²) in [5.74, 6) is 1.96. The lowest BCUT2D eigenvalue weighted by Crippen LogP contribution is -2.49. The maximum absolute atomic E-state index is 5.82. The summed E-state index contributed by atoms with van der Waals surface area (Å²) < 4.78 is 0. The Bertz CT molecular complexity index is 646. The zero-order valence-corrected chi connectivity index (χ0v) is 11.9. The molecule has 2 aromatic rings. The molecule has 0 atom stereocenters. The SMILES string of the molecule is C=CCC1=NNN(Oc2ccccc2)N1Oc1ccccc1. The van der Waals surface area contributed by atoms with Gasteiger partial charge in [-0.15, -0.1) is 11.7 Å². The van der Waals surface area contributed by atoms with Crippen LogP contribution in [0.5, 0.6) is 11.5 Å². The molecule has 0 fully saturated rings. The van der Waals surface area contributed by atoms with Crippen molar-refractivity contribution < 1.29 is 9.68 Å². The number of amidine groups is 1. The second-order valence-electron chi connectivity index (χ2n) is 4.48. The number of hydrazine groups is 2. The number of hydrazone groups is 1. The van der Waals surface area contributed by atoms with Gasteiger partial charge >= 0.3 is 0 Å². The van der Waals surface area contributed by atoms with Gasteiger partial charge < -0.3 is 9.68 Å². The number of para-hydroxylation sites is 2. The van der Waals surface area contributed by atoms with Crippen LogP contribution in [0.2, 0.25) is 0 Å². The van der Waals surface area contributed by atoms with Crippen molar-refractivity contribution in [2.45, 2.75) is 6.42 Å². The summed E-state index contributed by atoms with van der Waals surface area (Å²) in [5.41, 5.74) is 2.76. The average Bonchev–Trinajstić information content (AvgIpc) is 2.92. The fourth-order valence-corrected chi connectivity index (χ4v) is 1.85. The number of hydroxylamine groups is 1. The summed E-state index contributed by atoms with van der Waals surface area (Å²) in [7, 11) is 0. The Morgan fingerprint density at radius 3 is 2.14 bits per heavy atom. The molecule has 0 unspecified atom stereocenters. The van der Waals surface area contributed by atoms with Crippen molar-refractivity contribution in [3.8, 4) is 11.5 Å². The first-order valence-electron chi connectivity index (χ1n) is 6.86. The van der Waals surface area contributed by atoms with Gasteiger partial charge in [-0.05, 0) is 24.3 Å². The summed E-state index contributed by atoms with van der Waals surface area (Å²) in [5, 5.41) is 6.95. The van der Waals surface area contributed by atoms with Gasteiger partial charge in [-0.1, -0.05) is 47.6 Å². The third kappa shape index (κ3) is 3.18. The van der Waals surface area contributed by atoms with E-state index in [9.17, 15) is 0 Å². The van der Waals surface area contributed by atoms with Crippen LogP contribution in [-0.2, 0) is 0 Å². The lowest BCUT2D eigenvalue weighted by molar-refractivity contribution is -0.305. The summed E-state index contributed by atoms with van der Waals surface area (Å²) in [4.78, 5) is 11.5. The van der Waals surface area contributed by atoms with Gasteiger partial charge in [-0.2, -0.15) is 5.53 Å². The van der Waals surface area contributed by atoms with Gasteiger partial charge in [0.25, 0.3) is 0 Å². The van der Waals surface area contributed by atoms with Gasteiger partial charge in [0.05, 0.1) is 0 Å². The molecule has 0 saturated heterocycles. The highest BCUT2D eigenvalue weighted by atomic mass is 16.9. The van der Waals surface area contributed by atoms with E-state index in [4.69, 9.17) is 9.68 Å². The Balaban J connectivity index is 1.76. The topological polar surface area (TPSA) is 49.3 Å². The van der Waals surface area contributed by atoms with E-state index in [1.165, 1.54) is 10.5 Å². The molecule has 112 valence electrons. The largest absolute Gasteiger partial charge is 0.364 e. The van der Waals surface area contributed by atoms with Crippen molar-refractivity contribution in [3.63, 3.8) is 0 Å². The molecule has 1 N–H and O–H groups in total. The minimum absolute atomic E-state index is 0.536. The molecule has 0 aliphatic carbocycles. The van der Waals surface area contributed by atoms with Crippen LogP contribution in [0.4, 0.5) is 0 Å². The molecular formula is C16H16N4O2. The Hall–Kier alpha value is -2.99. The molecule has 1 aliphatic rings. The number of nitrogens with one attached hydrogen (secondary N) is 1. The fraction of sp³-hybridized carbons (Fsp3) is 0.0625. The third-order valence-electron chi connectivity index (χ3n) is 2.85. The molecule has 0 amide bonds. The second kappa shape index (κ2) is 6.64. The van der Waals surface area contributed by atoms with E-state index in [0.29, 0.717) is 23.8 Å². The van der Waals surface area contributed by atoms with E-state index < -0.39 is 0 Å². The van der Waals surface area contributed by atoms with Gasteiger partial charge in [0.1, 0.15) is 5.28 Å². The van der Waals surface area contributed by atoms with Crippen molar-refractivity contribution >= 4 is 5.84 Å². The molecule has 6 heteroatoms. The number of hydrogen-bond acceptors (Lipinski definition) is 6. The maximum Gasteiger partial charge on any atom is 0.189 e. The summed E-state index contributed by atoms with van der Waals surface area (Å²) in [6, 6.07) is 18.8. The van der Waals surface area contributed by atoms with Crippen LogP contribution < -0.4 is 15.2 Å². The first-order chi connectivity index (χ1) is 10.9. The molecule has 0 radical (unpaired) electrons. The van der Waals surface area contributed by atoms with Crippen LogP contribution in [0.3, 0.4) is 0 Å². The Labute approximate surface area is 128 Å². The normalized spacial score (nSPS) is 14.2. The molecule has 1 heterocycles. The van der Waals surface area contributed by atoms with Crippen LogP contribution in [0.1, 0.15) is 6.42 Å². The van der Waals surface area contributed by atoms with Crippen molar-refractivity contribution in [1.82, 2.24) is 16.0 Å². The number of nitrogens with zero attached hydrogens (tertiary/aromatic N) is 3. The van der Waals surface area contributed by atoms with Gasteiger partial charge in [0.2, 0.25) is 0 Å². The summed E-state index contributed by atoms with van der Waals surface area (Å²) in [6.07, 6.45) is 2.28. The molecule has 6 nitrogen and oxygen atoms in total.